The van der Waals surface area contributed by atoms with Gasteiger partial charge in [-0.2, -0.15) is 13.2 Å². The molecular weight excluding hydrogens is 197 g/mol. The first-order chi connectivity index (χ1) is 6.45. The van der Waals surface area contributed by atoms with Crippen LogP contribution >= 0.6 is 0 Å². The topological polar surface area (TPSA) is 59.1 Å². The summed E-state index contributed by atoms with van der Waals surface area (Å²) in [6, 6.07) is 1.97. The van der Waals surface area contributed by atoms with Gasteiger partial charge in [0.05, 0.1) is 6.10 Å². The van der Waals surface area contributed by atoms with Gasteiger partial charge in [0.1, 0.15) is 5.69 Å². The van der Waals surface area contributed by atoms with Gasteiger partial charge in [-0.25, -0.2) is 0 Å². The van der Waals surface area contributed by atoms with Gasteiger partial charge in [-0.05, 0) is 6.07 Å². The zero-order valence-electron chi connectivity index (χ0n) is 7.12. The second-order valence-electron chi connectivity index (χ2n) is 2.73. The summed E-state index contributed by atoms with van der Waals surface area (Å²) in [5.74, 6) is 0. The van der Waals surface area contributed by atoms with Crippen LogP contribution in [-0.4, -0.2) is 16.6 Å². The number of hydrogen-bond donors (Lipinski definition) is 2. The molecule has 0 amide bonds. The van der Waals surface area contributed by atoms with Crippen molar-refractivity contribution in [3.63, 3.8) is 0 Å². The summed E-state index contributed by atoms with van der Waals surface area (Å²) in [5, 5.41) is 9.18. The maximum atomic E-state index is 12.1. The van der Waals surface area contributed by atoms with Crippen LogP contribution in [0.1, 0.15) is 17.4 Å². The molecule has 1 atom stereocenters. The minimum absolute atomic E-state index is 0.0486. The van der Waals surface area contributed by atoms with Crippen LogP contribution in [-0.2, 0) is 6.18 Å². The lowest BCUT2D eigenvalue weighted by Gasteiger charge is -2.09. The van der Waals surface area contributed by atoms with Crippen LogP contribution in [0.5, 0.6) is 0 Å². The molecule has 0 aliphatic heterocycles. The molecule has 0 fully saturated rings. The van der Waals surface area contributed by atoms with E-state index in [4.69, 9.17) is 5.73 Å². The van der Waals surface area contributed by atoms with Crippen LogP contribution in [0, 0.1) is 0 Å². The van der Waals surface area contributed by atoms with Crippen molar-refractivity contribution in [1.29, 1.82) is 0 Å². The van der Waals surface area contributed by atoms with Crippen molar-refractivity contribution in [2.24, 2.45) is 5.73 Å². The van der Waals surface area contributed by atoms with Crippen molar-refractivity contribution in [1.82, 2.24) is 4.98 Å². The standard InChI is InChI=1S/C8H9F3N2O/c9-8(10,11)7-2-1-5(4-13-7)6(14)3-12/h1-2,4,6,14H,3,12H2/t6-/m0/s1. The van der Waals surface area contributed by atoms with Crippen molar-refractivity contribution in [2.75, 3.05) is 6.54 Å². The number of nitrogens with two attached hydrogens (primary N) is 1. The van der Waals surface area contributed by atoms with Gasteiger partial charge in [0.15, 0.2) is 0 Å². The second kappa shape index (κ2) is 3.93. The maximum absolute atomic E-state index is 12.1. The van der Waals surface area contributed by atoms with E-state index in [1.807, 2.05) is 0 Å². The molecule has 0 aliphatic rings. The summed E-state index contributed by atoms with van der Waals surface area (Å²) >= 11 is 0. The lowest BCUT2D eigenvalue weighted by Crippen LogP contribution is -2.13. The first kappa shape index (κ1) is 10.9. The van der Waals surface area contributed by atoms with E-state index in [2.05, 4.69) is 4.98 Å². The van der Waals surface area contributed by atoms with E-state index in [1.165, 1.54) is 0 Å². The molecule has 1 aromatic heterocycles. The number of nitrogens with zero attached hydrogens (tertiary/aromatic N) is 1. The van der Waals surface area contributed by atoms with Gasteiger partial charge in [-0.3, -0.25) is 4.98 Å². The fraction of sp³-hybridized carbons (Fsp3) is 0.375. The molecule has 0 unspecified atom stereocenters. The second-order valence-corrected chi connectivity index (χ2v) is 2.73. The van der Waals surface area contributed by atoms with Crippen LogP contribution in [0.2, 0.25) is 0 Å². The largest absolute Gasteiger partial charge is 0.433 e. The summed E-state index contributed by atoms with van der Waals surface area (Å²) < 4.78 is 36.2. The van der Waals surface area contributed by atoms with Gasteiger partial charge in [0, 0.05) is 18.3 Å². The third-order valence-corrected chi connectivity index (χ3v) is 1.68. The number of aliphatic hydroxyl groups is 1. The number of aromatic nitrogens is 1. The molecule has 1 heterocycles. The van der Waals surface area contributed by atoms with Gasteiger partial charge in [-0.15, -0.1) is 0 Å². The average Bonchev–Trinajstić information content (AvgIpc) is 2.15. The molecule has 78 valence electrons. The highest BCUT2D eigenvalue weighted by molar-refractivity contribution is 5.18. The Balaban J connectivity index is 2.89. The highest BCUT2D eigenvalue weighted by Gasteiger charge is 2.32. The molecule has 0 bridgehead atoms. The highest BCUT2D eigenvalue weighted by atomic mass is 19.4. The molecule has 0 saturated carbocycles. The van der Waals surface area contributed by atoms with E-state index < -0.39 is 18.0 Å². The monoisotopic (exact) mass is 206 g/mol. The van der Waals surface area contributed by atoms with Crippen LogP contribution in [0.25, 0.3) is 0 Å². The summed E-state index contributed by atoms with van der Waals surface area (Å²) in [6.07, 6.45) is -4.45. The van der Waals surface area contributed by atoms with Gasteiger partial charge < -0.3 is 10.8 Å². The molecule has 1 rings (SSSR count). The predicted molar refractivity (Wildman–Crippen MR) is 43.3 cm³/mol. The van der Waals surface area contributed by atoms with E-state index in [9.17, 15) is 18.3 Å². The molecule has 0 radical (unpaired) electrons. The number of hydrogen-bond acceptors (Lipinski definition) is 3. The highest BCUT2D eigenvalue weighted by Crippen LogP contribution is 2.27. The Labute approximate surface area is 78.4 Å². The summed E-state index contributed by atoms with van der Waals surface area (Å²) in [5.41, 5.74) is 4.43. The lowest BCUT2D eigenvalue weighted by molar-refractivity contribution is -0.141. The minimum atomic E-state index is -4.45. The van der Waals surface area contributed by atoms with Gasteiger partial charge in [-0.1, -0.05) is 6.07 Å². The van der Waals surface area contributed by atoms with Crippen molar-refractivity contribution in [3.05, 3.63) is 29.6 Å². The fourth-order valence-corrected chi connectivity index (χ4v) is 0.906. The van der Waals surface area contributed by atoms with Crippen LogP contribution in [0.4, 0.5) is 13.2 Å². The molecule has 0 aromatic carbocycles. The third-order valence-electron chi connectivity index (χ3n) is 1.68. The van der Waals surface area contributed by atoms with E-state index in [0.717, 1.165) is 18.3 Å². The zero-order valence-corrected chi connectivity index (χ0v) is 7.12. The first-order valence-corrected chi connectivity index (χ1v) is 3.86. The van der Waals surface area contributed by atoms with E-state index in [1.54, 1.807) is 0 Å². The molecule has 1 aromatic rings. The van der Waals surface area contributed by atoms with Crippen LogP contribution in [0.3, 0.4) is 0 Å². The van der Waals surface area contributed by atoms with Crippen LogP contribution < -0.4 is 5.73 Å². The molecule has 0 saturated heterocycles. The molecule has 6 heteroatoms. The van der Waals surface area contributed by atoms with Crippen LogP contribution in [0.15, 0.2) is 18.3 Å². The number of rotatable bonds is 2. The Morgan fingerprint density at radius 2 is 2.07 bits per heavy atom. The maximum Gasteiger partial charge on any atom is 0.433 e. The van der Waals surface area contributed by atoms with E-state index in [-0.39, 0.29) is 12.1 Å². The quantitative estimate of drug-likeness (QED) is 0.761. The molecule has 3 N–H and O–H groups in total. The summed E-state index contributed by atoms with van der Waals surface area (Å²) in [7, 11) is 0. The Morgan fingerprint density at radius 1 is 1.43 bits per heavy atom. The molecule has 0 aliphatic carbocycles. The Kier molecular flexibility index (Phi) is 3.07. The average molecular weight is 206 g/mol. The van der Waals surface area contributed by atoms with Gasteiger partial charge >= 0.3 is 6.18 Å². The number of pyridine rings is 1. The van der Waals surface area contributed by atoms with Gasteiger partial charge in [0.25, 0.3) is 0 Å². The number of alkyl halides is 3. The predicted octanol–water partition coefficient (Wildman–Crippen LogP) is 1.09. The Bertz CT molecular complexity index is 296. The molecule has 0 spiro atoms. The molecular formula is C8H9F3N2O. The van der Waals surface area contributed by atoms with Gasteiger partial charge in [0.2, 0.25) is 0 Å². The molecule has 3 nitrogen and oxygen atoms in total. The summed E-state index contributed by atoms with van der Waals surface area (Å²) in [4.78, 5) is 3.18. The SMILES string of the molecule is NC[C@H](O)c1ccc(C(F)(F)F)nc1. The number of halogens is 3. The smallest absolute Gasteiger partial charge is 0.387 e. The molecule has 14 heavy (non-hydrogen) atoms. The third kappa shape index (κ3) is 2.43. The lowest BCUT2D eigenvalue weighted by atomic mass is 10.1. The normalized spacial score (nSPS) is 14.1. The van der Waals surface area contributed by atoms with Crippen molar-refractivity contribution in [3.8, 4) is 0 Å². The first-order valence-electron chi connectivity index (χ1n) is 3.86. The van der Waals surface area contributed by atoms with Crippen molar-refractivity contribution < 1.29 is 18.3 Å². The van der Waals surface area contributed by atoms with E-state index >= 15 is 0 Å². The van der Waals surface area contributed by atoms with E-state index in [0.29, 0.717) is 0 Å². The van der Waals surface area contributed by atoms with Crippen molar-refractivity contribution in [2.45, 2.75) is 12.3 Å². The number of aliphatic hydroxyl groups excluding tert-OH is 1. The van der Waals surface area contributed by atoms with Crippen molar-refractivity contribution >= 4 is 0 Å². The minimum Gasteiger partial charge on any atom is -0.387 e. The fourth-order valence-electron chi connectivity index (χ4n) is 0.906. The summed E-state index contributed by atoms with van der Waals surface area (Å²) in [6.45, 7) is -0.0486. The zero-order chi connectivity index (χ0) is 10.8. The Hall–Kier alpha value is -1.14. The Morgan fingerprint density at radius 3 is 2.43 bits per heavy atom.